The maximum atomic E-state index is 10.4. The van der Waals surface area contributed by atoms with Gasteiger partial charge in [0.2, 0.25) is 0 Å². The van der Waals surface area contributed by atoms with Crippen molar-refractivity contribution in [2.45, 2.75) is 32.4 Å². The number of hydrogen-bond donors (Lipinski definition) is 1. The van der Waals surface area contributed by atoms with Crippen LogP contribution in [0.25, 0.3) is 0 Å². The Bertz CT molecular complexity index is 312. The van der Waals surface area contributed by atoms with E-state index in [2.05, 4.69) is 5.10 Å². The van der Waals surface area contributed by atoms with Crippen molar-refractivity contribution in [1.82, 2.24) is 9.78 Å². The summed E-state index contributed by atoms with van der Waals surface area (Å²) < 4.78 is 11.9. The van der Waals surface area contributed by atoms with Gasteiger partial charge in [0, 0.05) is 26.7 Å². The van der Waals surface area contributed by atoms with E-state index in [0.29, 0.717) is 31.0 Å². The topological polar surface area (TPSA) is 56.5 Å². The number of methoxy groups -OCH3 is 2. The molecular formula is C11H20N2O3. The van der Waals surface area contributed by atoms with E-state index in [1.165, 1.54) is 0 Å². The van der Waals surface area contributed by atoms with Crippen molar-refractivity contribution in [1.29, 1.82) is 0 Å². The number of nitrogens with zero attached hydrogens (tertiary/aromatic N) is 2. The lowest BCUT2D eigenvalue weighted by atomic mass is 9.98. The Labute approximate surface area is 96.0 Å². The van der Waals surface area contributed by atoms with Crippen LogP contribution in [-0.4, -0.2) is 35.7 Å². The lowest BCUT2D eigenvalue weighted by Gasteiger charge is -2.24. The number of aromatic nitrogens is 2. The van der Waals surface area contributed by atoms with Crippen LogP contribution in [0.5, 0.6) is 5.75 Å². The van der Waals surface area contributed by atoms with E-state index in [0.717, 1.165) is 0 Å². The van der Waals surface area contributed by atoms with Crippen LogP contribution in [0, 0.1) is 0 Å². The van der Waals surface area contributed by atoms with Gasteiger partial charge in [-0.2, -0.15) is 5.10 Å². The molecule has 0 saturated carbocycles. The molecule has 0 saturated heterocycles. The van der Waals surface area contributed by atoms with Crippen LogP contribution >= 0.6 is 0 Å². The van der Waals surface area contributed by atoms with E-state index in [4.69, 9.17) is 9.47 Å². The molecule has 92 valence electrons. The molecule has 0 aliphatic carbocycles. The normalized spacial score (nSPS) is 14.8. The van der Waals surface area contributed by atoms with Gasteiger partial charge in [-0.05, 0) is 13.8 Å². The zero-order valence-corrected chi connectivity index (χ0v) is 10.4. The molecule has 1 unspecified atom stereocenters. The largest absolute Gasteiger partial charge is 0.493 e. The van der Waals surface area contributed by atoms with Gasteiger partial charge >= 0.3 is 0 Å². The number of aryl methyl sites for hydroxylation is 1. The lowest BCUT2D eigenvalue weighted by molar-refractivity contribution is 0.0116. The minimum Gasteiger partial charge on any atom is -0.493 e. The average Bonchev–Trinajstić information content (AvgIpc) is 2.70. The highest BCUT2D eigenvalue weighted by molar-refractivity contribution is 5.30. The first-order chi connectivity index (χ1) is 7.56. The molecule has 5 heteroatoms. The Hall–Kier alpha value is -1.07. The van der Waals surface area contributed by atoms with E-state index >= 15 is 0 Å². The number of ether oxygens (including phenoxy) is 2. The quantitative estimate of drug-likeness (QED) is 0.793. The van der Waals surface area contributed by atoms with Gasteiger partial charge in [-0.15, -0.1) is 0 Å². The summed E-state index contributed by atoms with van der Waals surface area (Å²) >= 11 is 0. The second kappa shape index (κ2) is 5.32. The minimum atomic E-state index is -0.992. The monoisotopic (exact) mass is 228 g/mol. The second-order valence-corrected chi connectivity index (χ2v) is 3.89. The molecule has 1 atom stereocenters. The number of hydrogen-bond acceptors (Lipinski definition) is 4. The van der Waals surface area contributed by atoms with E-state index in [-0.39, 0.29) is 0 Å². The van der Waals surface area contributed by atoms with Crippen molar-refractivity contribution >= 4 is 0 Å². The fourth-order valence-electron chi connectivity index (χ4n) is 1.72. The SMILES string of the molecule is CCn1ncc(OC)c1C(C)(O)CCOC. The van der Waals surface area contributed by atoms with Crippen LogP contribution in [0.4, 0.5) is 0 Å². The van der Waals surface area contributed by atoms with E-state index < -0.39 is 5.60 Å². The summed E-state index contributed by atoms with van der Waals surface area (Å²) in [5.74, 6) is 0.614. The van der Waals surface area contributed by atoms with Crippen LogP contribution in [0.3, 0.4) is 0 Å². The smallest absolute Gasteiger partial charge is 0.162 e. The summed E-state index contributed by atoms with van der Waals surface area (Å²) in [6.45, 7) is 4.91. The van der Waals surface area contributed by atoms with Gasteiger partial charge < -0.3 is 14.6 Å². The third kappa shape index (κ3) is 2.54. The average molecular weight is 228 g/mol. The standard InChI is InChI=1S/C11H20N2O3/c1-5-13-10(9(16-4)8-12-13)11(2,14)6-7-15-3/h8,14H,5-7H2,1-4H3. The van der Waals surface area contributed by atoms with Crippen LogP contribution in [0.2, 0.25) is 0 Å². The molecule has 0 amide bonds. The van der Waals surface area contributed by atoms with Gasteiger partial charge in [-0.3, -0.25) is 4.68 Å². The predicted molar refractivity (Wildman–Crippen MR) is 60.5 cm³/mol. The first-order valence-corrected chi connectivity index (χ1v) is 5.38. The van der Waals surface area contributed by atoms with Gasteiger partial charge in [0.15, 0.2) is 5.75 Å². The Morgan fingerprint density at radius 1 is 1.50 bits per heavy atom. The van der Waals surface area contributed by atoms with Gasteiger partial charge in [-0.25, -0.2) is 0 Å². The molecule has 5 nitrogen and oxygen atoms in total. The first kappa shape index (κ1) is 13.0. The lowest BCUT2D eigenvalue weighted by Crippen LogP contribution is -2.27. The zero-order chi connectivity index (χ0) is 12.2. The van der Waals surface area contributed by atoms with Gasteiger partial charge in [-0.1, -0.05) is 0 Å². The van der Waals surface area contributed by atoms with Gasteiger partial charge in [0.25, 0.3) is 0 Å². The molecule has 0 aromatic carbocycles. The Morgan fingerprint density at radius 3 is 2.69 bits per heavy atom. The van der Waals surface area contributed by atoms with Gasteiger partial charge in [0.1, 0.15) is 11.3 Å². The van der Waals surface area contributed by atoms with Crippen LogP contribution in [0.15, 0.2) is 6.20 Å². The van der Waals surface area contributed by atoms with Crippen molar-refractivity contribution in [2.24, 2.45) is 0 Å². The fraction of sp³-hybridized carbons (Fsp3) is 0.727. The molecule has 0 bridgehead atoms. The van der Waals surface area contributed by atoms with Crippen molar-refractivity contribution in [3.63, 3.8) is 0 Å². The third-order valence-corrected chi connectivity index (χ3v) is 2.63. The van der Waals surface area contributed by atoms with Crippen LogP contribution in [0.1, 0.15) is 26.0 Å². The molecule has 1 N–H and O–H groups in total. The van der Waals surface area contributed by atoms with E-state index in [1.807, 2.05) is 6.92 Å². The third-order valence-electron chi connectivity index (χ3n) is 2.63. The summed E-state index contributed by atoms with van der Waals surface area (Å²) in [6, 6.07) is 0. The second-order valence-electron chi connectivity index (χ2n) is 3.89. The van der Waals surface area contributed by atoms with Crippen molar-refractivity contribution in [2.75, 3.05) is 20.8 Å². The minimum absolute atomic E-state index is 0.491. The summed E-state index contributed by atoms with van der Waals surface area (Å²) in [6.07, 6.45) is 2.13. The highest BCUT2D eigenvalue weighted by atomic mass is 16.5. The maximum Gasteiger partial charge on any atom is 0.162 e. The summed E-state index contributed by atoms with van der Waals surface area (Å²) in [4.78, 5) is 0. The molecule has 0 spiro atoms. The molecule has 16 heavy (non-hydrogen) atoms. The van der Waals surface area contributed by atoms with Crippen molar-refractivity contribution < 1.29 is 14.6 Å². The molecule has 1 heterocycles. The van der Waals surface area contributed by atoms with E-state index in [1.54, 1.807) is 32.0 Å². The van der Waals surface area contributed by atoms with Gasteiger partial charge in [0.05, 0.1) is 13.3 Å². The van der Waals surface area contributed by atoms with Crippen molar-refractivity contribution in [3.8, 4) is 5.75 Å². The molecule has 1 aromatic rings. The highest BCUT2D eigenvalue weighted by Gasteiger charge is 2.30. The summed E-state index contributed by atoms with van der Waals surface area (Å²) in [5, 5.41) is 14.6. The van der Waals surface area contributed by atoms with Crippen molar-refractivity contribution in [3.05, 3.63) is 11.9 Å². The number of aliphatic hydroxyl groups is 1. The molecule has 0 fully saturated rings. The summed E-state index contributed by atoms with van der Waals surface area (Å²) in [5.41, 5.74) is -0.289. The number of rotatable bonds is 6. The molecule has 0 aliphatic heterocycles. The molecule has 0 radical (unpaired) electrons. The Kier molecular flexibility index (Phi) is 4.32. The Balaban J connectivity index is 3.03. The molecule has 1 aromatic heterocycles. The fourth-order valence-corrected chi connectivity index (χ4v) is 1.72. The molecule has 1 rings (SSSR count). The molecular weight excluding hydrogens is 208 g/mol. The predicted octanol–water partition coefficient (Wildman–Crippen LogP) is 1.16. The highest BCUT2D eigenvalue weighted by Crippen LogP contribution is 2.32. The summed E-state index contributed by atoms with van der Waals surface area (Å²) in [7, 11) is 3.19. The van der Waals surface area contributed by atoms with E-state index in [9.17, 15) is 5.11 Å². The Morgan fingerprint density at radius 2 is 2.19 bits per heavy atom. The van der Waals surface area contributed by atoms with Crippen LogP contribution in [-0.2, 0) is 16.9 Å². The van der Waals surface area contributed by atoms with Crippen LogP contribution < -0.4 is 4.74 Å². The zero-order valence-electron chi connectivity index (χ0n) is 10.4. The molecule has 0 aliphatic rings. The first-order valence-electron chi connectivity index (χ1n) is 5.38. The maximum absolute atomic E-state index is 10.4.